The highest BCUT2D eigenvalue weighted by Crippen LogP contribution is 2.32. The number of rotatable bonds is 4. The van der Waals surface area contributed by atoms with Gasteiger partial charge in [-0.05, 0) is 30.9 Å². The minimum Gasteiger partial charge on any atom is -0.297 e. The van der Waals surface area contributed by atoms with Gasteiger partial charge in [-0.25, -0.2) is 9.50 Å². The Morgan fingerprint density at radius 1 is 1.28 bits per heavy atom. The van der Waals surface area contributed by atoms with E-state index in [1.54, 1.807) is 10.6 Å². The maximum absolute atomic E-state index is 12.5. The van der Waals surface area contributed by atoms with Gasteiger partial charge >= 0.3 is 0 Å². The van der Waals surface area contributed by atoms with E-state index < -0.39 is 0 Å². The molecule has 0 saturated carbocycles. The Morgan fingerprint density at radius 3 is 2.84 bits per heavy atom. The van der Waals surface area contributed by atoms with E-state index >= 15 is 0 Å². The van der Waals surface area contributed by atoms with Gasteiger partial charge in [-0.1, -0.05) is 44.2 Å². The van der Waals surface area contributed by atoms with Crippen LogP contribution in [0.15, 0.2) is 47.4 Å². The average Bonchev–Trinajstić information content (AvgIpc) is 3.22. The Labute approximate surface area is 147 Å². The van der Waals surface area contributed by atoms with Gasteiger partial charge in [0.05, 0.1) is 11.7 Å². The third kappa shape index (κ3) is 3.00. The second kappa shape index (κ2) is 6.48. The van der Waals surface area contributed by atoms with Crippen LogP contribution < -0.4 is 5.56 Å². The zero-order valence-electron chi connectivity index (χ0n) is 14.8. The van der Waals surface area contributed by atoms with Crippen LogP contribution in [-0.2, 0) is 6.54 Å². The molecule has 5 nitrogen and oxygen atoms in total. The van der Waals surface area contributed by atoms with Crippen LogP contribution in [0.1, 0.15) is 55.5 Å². The quantitative estimate of drug-likeness (QED) is 0.793. The highest BCUT2D eigenvalue weighted by Gasteiger charge is 2.28. The maximum Gasteiger partial charge on any atom is 0.272 e. The number of hydrogen-bond acceptors (Lipinski definition) is 3. The molecule has 5 heteroatoms. The summed E-state index contributed by atoms with van der Waals surface area (Å²) in [5.41, 5.74) is 4.03. The highest BCUT2D eigenvalue weighted by molar-refractivity contribution is 5.48. The number of nitrogens with one attached hydrogen (secondary N) is 1. The minimum absolute atomic E-state index is 0.0292. The van der Waals surface area contributed by atoms with Crippen LogP contribution in [0.3, 0.4) is 0 Å². The zero-order valence-corrected chi connectivity index (χ0v) is 14.8. The molecule has 130 valence electrons. The molecule has 2 aromatic heterocycles. The summed E-state index contributed by atoms with van der Waals surface area (Å²) < 4.78 is 1.55. The van der Waals surface area contributed by atoms with Crippen molar-refractivity contribution >= 4 is 5.65 Å². The van der Waals surface area contributed by atoms with Gasteiger partial charge in [-0.3, -0.25) is 14.8 Å². The van der Waals surface area contributed by atoms with E-state index in [-0.39, 0.29) is 11.6 Å². The first-order valence-corrected chi connectivity index (χ1v) is 9.02. The summed E-state index contributed by atoms with van der Waals surface area (Å²) in [6, 6.07) is 12.4. The number of H-pyrrole nitrogens is 1. The summed E-state index contributed by atoms with van der Waals surface area (Å²) in [5, 5.41) is 3.03. The van der Waals surface area contributed by atoms with E-state index in [0.29, 0.717) is 5.92 Å². The minimum atomic E-state index is -0.0292. The summed E-state index contributed by atoms with van der Waals surface area (Å²) in [4.78, 5) is 19.9. The van der Waals surface area contributed by atoms with E-state index in [1.165, 1.54) is 5.56 Å². The van der Waals surface area contributed by atoms with E-state index in [4.69, 9.17) is 4.98 Å². The Morgan fingerprint density at radius 2 is 2.08 bits per heavy atom. The van der Waals surface area contributed by atoms with Crippen LogP contribution in [0, 0.1) is 0 Å². The summed E-state index contributed by atoms with van der Waals surface area (Å²) in [6.45, 7) is 6.19. The second-order valence-corrected chi connectivity index (χ2v) is 7.18. The first-order chi connectivity index (χ1) is 12.1. The predicted molar refractivity (Wildman–Crippen MR) is 98.7 cm³/mol. The van der Waals surface area contributed by atoms with Crippen LogP contribution in [0.25, 0.3) is 5.65 Å². The molecule has 0 amide bonds. The Hall–Kier alpha value is -2.40. The van der Waals surface area contributed by atoms with Crippen molar-refractivity contribution in [3.8, 4) is 0 Å². The zero-order chi connectivity index (χ0) is 17.4. The molecule has 0 aliphatic carbocycles. The molecule has 1 aliphatic rings. The van der Waals surface area contributed by atoms with Gasteiger partial charge in [0.25, 0.3) is 5.56 Å². The predicted octanol–water partition coefficient (Wildman–Crippen LogP) is 3.48. The van der Waals surface area contributed by atoms with Crippen molar-refractivity contribution in [2.24, 2.45) is 0 Å². The monoisotopic (exact) mass is 336 g/mol. The molecule has 1 N–H and O–H groups in total. The number of aromatic amines is 1. The van der Waals surface area contributed by atoms with Gasteiger partial charge in [-0.2, -0.15) is 0 Å². The van der Waals surface area contributed by atoms with Crippen LogP contribution in [0.4, 0.5) is 0 Å². The second-order valence-electron chi connectivity index (χ2n) is 7.18. The third-order valence-electron chi connectivity index (χ3n) is 5.10. The molecule has 25 heavy (non-hydrogen) atoms. The van der Waals surface area contributed by atoms with Crippen molar-refractivity contribution in [2.45, 2.75) is 45.2 Å². The molecular weight excluding hydrogens is 312 g/mol. The molecule has 1 fully saturated rings. The molecule has 0 radical (unpaired) electrons. The summed E-state index contributed by atoms with van der Waals surface area (Å²) in [6.07, 6.45) is 4.09. The van der Waals surface area contributed by atoms with Crippen LogP contribution in [0.5, 0.6) is 0 Å². The van der Waals surface area contributed by atoms with Gasteiger partial charge in [0.2, 0.25) is 0 Å². The average molecular weight is 336 g/mol. The molecule has 1 saturated heterocycles. The van der Waals surface area contributed by atoms with Gasteiger partial charge in [0, 0.05) is 24.4 Å². The molecule has 1 atom stereocenters. The molecule has 3 heterocycles. The first-order valence-electron chi connectivity index (χ1n) is 9.02. The van der Waals surface area contributed by atoms with Gasteiger partial charge < -0.3 is 0 Å². The van der Waals surface area contributed by atoms with E-state index in [1.807, 2.05) is 12.3 Å². The highest BCUT2D eigenvalue weighted by atomic mass is 16.1. The Balaban J connectivity index is 1.70. The van der Waals surface area contributed by atoms with Gasteiger partial charge in [-0.15, -0.1) is 0 Å². The van der Waals surface area contributed by atoms with E-state index in [9.17, 15) is 4.79 Å². The molecule has 1 aliphatic heterocycles. The lowest BCUT2D eigenvalue weighted by Gasteiger charge is -2.24. The van der Waals surface area contributed by atoms with Crippen molar-refractivity contribution in [3.63, 3.8) is 0 Å². The molecule has 3 aromatic rings. The maximum atomic E-state index is 12.5. The summed E-state index contributed by atoms with van der Waals surface area (Å²) >= 11 is 0. The number of nitrogens with zero attached hydrogens (tertiary/aromatic N) is 3. The third-order valence-corrected chi connectivity index (χ3v) is 5.10. The van der Waals surface area contributed by atoms with Crippen molar-refractivity contribution in [2.75, 3.05) is 6.54 Å². The fourth-order valence-corrected chi connectivity index (χ4v) is 3.78. The lowest BCUT2D eigenvalue weighted by atomic mass is 10.1. The number of benzene rings is 1. The number of aromatic nitrogens is 3. The largest absolute Gasteiger partial charge is 0.297 e. The summed E-state index contributed by atoms with van der Waals surface area (Å²) in [7, 11) is 0. The fraction of sp³-hybridized carbons (Fsp3) is 0.400. The lowest BCUT2D eigenvalue weighted by Crippen LogP contribution is -2.26. The van der Waals surface area contributed by atoms with Crippen LogP contribution >= 0.6 is 0 Å². The van der Waals surface area contributed by atoms with Gasteiger partial charge in [0.15, 0.2) is 5.65 Å². The van der Waals surface area contributed by atoms with Crippen molar-refractivity contribution < 1.29 is 0 Å². The lowest BCUT2D eigenvalue weighted by molar-refractivity contribution is 0.244. The number of likely N-dealkylation sites (tertiary alicyclic amines) is 1. The topological polar surface area (TPSA) is 53.4 Å². The fourth-order valence-electron chi connectivity index (χ4n) is 3.78. The summed E-state index contributed by atoms with van der Waals surface area (Å²) in [5.74, 6) is 0.326. The molecular formula is C20H24N4O. The van der Waals surface area contributed by atoms with E-state index in [0.717, 1.165) is 42.8 Å². The van der Waals surface area contributed by atoms with Crippen molar-refractivity contribution in [1.82, 2.24) is 19.5 Å². The smallest absolute Gasteiger partial charge is 0.272 e. The number of hydrogen-bond donors (Lipinski definition) is 1. The van der Waals surface area contributed by atoms with E-state index in [2.05, 4.69) is 48.1 Å². The number of fused-ring (bicyclic) bond motifs is 1. The molecule has 0 bridgehead atoms. The van der Waals surface area contributed by atoms with Crippen LogP contribution in [-0.4, -0.2) is 26.0 Å². The van der Waals surface area contributed by atoms with Crippen molar-refractivity contribution in [3.05, 3.63) is 69.8 Å². The standard InChI is InChI=1S/C20H24N4O/c1-14(2)16-12-21-24-19(25)11-17(22-20(16)24)18-9-6-10-23(18)13-15-7-4-3-5-8-15/h3-5,7-8,11-12,14,18,21H,6,9-10,13H2,1-2H3. The molecule has 1 aromatic carbocycles. The van der Waals surface area contributed by atoms with Crippen LogP contribution in [0.2, 0.25) is 0 Å². The SMILES string of the molecule is CC(C)c1c[nH]n2c(=O)cc(C3CCCN3Cc3ccccc3)nc12. The molecule has 0 spiro atoms. The Bertz CT molecular complexity index is 926. The van der Waals surface area contributed by atoms with Crippen molar-refractivity contribution in [1.29, 1.82) is 0 Å². The molecule has 4 rings (SSSR count). The molecule has 1 unspecified atom stereocenters. The van der Waals surface area contributed by atoms with Gasteiger partial charge in [0.1, 0.15) is 0 Å². The Kier molecular flexibility index (Phi) is 4.17. The first kappa shape index (κ1) is 16.1. The normalized spacial score (nSPS) is 18.4.